The van der Waals surface area contributed by atoms with Gasteiger partial charge in [0.05, 0.1) is 18.7 Å². The summed E-state index contributed by atoms with van der Waals surface area (Å²) < 4.78 is 6.66. The van der Waals surface area contributed by atoms with Crippen LogP contribution in [0.15, 0.2) is 10.5 Å². The lowest BCUT2D eigenvalue weighted by Gasteiger charge is -2.17. The summed E-state index contributed by atoms with van der Waals surface area (Å²) in [6.07, 6.45) is 6.17. The van der Waals surface area contributed by atoms with Gasteiger partial charge in [0.1, 0.15) is 5.75 Å². The van der Waals surface area contributed by atoms with Crippen LogP contribution < -0.4 is 10.2 Å². The van der Waals surface area contributed by atoms with Crippen LogP contribution in [0.4, 0.5) is 0 Å². The maximum absolute atomic E-state index is 5.54. The van der Waals surface area contributed by atoms with Gasteiger partial charge in [-0.15, -0.1) is 0 Å². The van der Waals surface area contributed by atoms with Crippen LogP contribution in [0, 0.1) is 0 Å². The predicted octanol–water partition coefficient (Wildman–Crippen LogP) is 3.38. The van der Waals surface area contributed by atoms with Crippen molar-refractivity contribution >= 4 is 15.9 Å². The molecular formula is C14H20BrNO2. The Labute approximate surface area is 117 Å². The van der Waals surface area contributed by atoms with Crippen LogP contribution in [0.1, 0.15) is 36.0 Å². The Morgan fingerprint density at radius 3 is 2.72 bits per heavy atom. The average Bonchev–Trinajstić information content (AvgIpc) is 2.62. The molecule has 0 bridgehead atoms. The van der Waals surface area contributed by atoms with Crippen LogP contribution >= 0.6 is 15.9 Å². The minimum Gasteiger partial charge on any atom is -0.495 e. The fourth-order valence-corrected chi connectivity index (χ4v) is 3.44. The number of benzene rings is 1. The van der Waals surface area contributed by atoms with E-state index in [1.807, 2.05) is 0 Å². The summed E-state index contributed by atoms with van der Waals surface area (Å²) in [5, 5.41) is 0. The summed E-state index contributed by atoms with van der Waals surface area (Å²) in [6.45, 7) is 0.658. The Kier molecular flexibility index (Phi) is 5.03. The van der Waals surface area contributed by atoms with E-state index < -0.39 is 0 Å². The molecule has 0 amide bonds. The average molecular weight is 314 g/mol. The maximum Gasteiger partial charge on any atom is 0.137 e. The third-order valence-corrected chi connectivity index (χ3v) is 4.31. The molecule has 0 saturated carbocycles. The van der Waals surface area contributed by atoms with Gasteiger partial charge in [-0.2, -0.15) is 5.48 Å². The Morgan fingerprint density at radius 1 is 1.22 bits per heavy atom. The summed E-state index contributed by atoms with van der Waals surface area (Å²) in [5.74, 6) is 0.931. The second-order valence-electron chi connectivity index (χ2n) is 4.61. The van der Waals surface area contributed by atoms with E-state index >= 15 is 0 Å². The molecule has 0 aromatic heterocycles. The molecule has 0 saturated heterocycles. The smallest absolute Gasteiger partial charge is 0.137 e. The third kappa shape index (κ3) is 2.87. The van der Waals surface area contributed by atoms with Crippen molar-refractivity contribution < 1.29 is 9.57 Å². The van der Waals surface area contributed by atoms with Gasteiger partial charge in [-0.05, 0) is 52.7 Å². The number of methoxy groups -OCH3 is 1. The molecule has 4 heteroatoms. The van der Waals surface area contributed by atoms with E-state index in [1.54, 1.807) is 14.2 Å². The first-order valence-corrected chi connectivity index (χ1v) is 7.20. The van der Waals surface area contributed by atoms with Gasteiger partial charge in [-0.1, -0.05) is 12.5 Å². The van der Waals surface area contributed by atoms with Crippen LogP contribution in [0.3, 0.4) is 0 Å². The molecule has 0 spiro atoms. The number of nitrogens with one attached hydrogen (secondary N) is 1. The molecule has 0 fully saturated rings. The van der Waals surface area contributed by atoms with Crippen LogP contribution in [0.25, 0.3) is 0 Å². The van der Waals surface area contributed by atoms with Gasteiger partial charge in [0.15, 0.2) is 0 Å². The standard InChI is InChI=1S/C14H20BrNO2/c1-17-14-11(9-16-18-2)8-10-6-4-3-5-7-12(10)13(14)15/h8,16H,3-7,9H2,1-2H3. The fraction of sp³-hybridized carbons (Fsp3) is 0.571. The normalized spacial score (nSPS) is 15.1. The molecule has 100 valence electrons. The Balaban J connectivity index is 2.41. The van der Waals surface area contributed by atoms with Crippen LogP contribution in [-0.4, -0.2) is 14.2 Å². The van der Waals surface area contributed by atoms with Crippen molar-refractivity contribution in [1.82, 2.24) is 5.48 Å². The highest BCUT2D eigenvalue weighted by atomic mass is 79.9. The monoisotopic (exact) mass is 313 g/mol. The van der Waals surface area contributed by atoms with E-state index in [0.29, 0.717) is 6.54 Å². The van der Waals surface area contributed by atoms with E-state index in [9.17, 15) is 0 Å². The summed E-state index contributed by atoms with van der Waals surface area (Å²) in [6, 6.07) is 2.26. The molecule has 0 unspecified atom stereocenters. The topological polar surface area (TPSA) is 30.5 Å². The van der Waals surface area contributed by atoms with Gasteiger partial charge in [0.2, 0.25) is 0 Å². The van der Waals surface area contributed by atoms with Gasteiger partial charge in [-0.3, -0.25) is 0 Å². The highest BCUT2D eigenvalue weighted by Gasteiger charge is 2.18. The molecule has 3 nitrogen and oxygen atoms in total. The van der Waals surface area contributed by atoms with Crippen LogP contribution in [0.2, 0.25) is 0 Å². The summed E-state index contributed by atoms with van der Waals surface area (Å²) in [4.78, 5) is 4.93. The minimum atomic E-state index is 0.658. The van der Waals surface area contributed by atoms with E-state index in [-0.39, 0.29) is 0 Å². The van der Waals surface area contributed by atoms with E-state index in [4.69, 9.17) is 9.57 Å². The molecule has 1 aliphatic carbocycles. The molecule has 0 heterocycles. The van der Waals surface area contributed by atoms with Crippen LogP contribution in [0.5, 0.6) is 5.75 Å². The van der Waals surface area contributed by atoms with E-state index in [1.165, 1.54) is 30.4 Å². The van der Waals surface area contributed by atoms with E-state index in [0.717, 1.165) is 28.6 Å². The number of rotatable bonds is 4. The molecule has 0 aliphatic heterocycles. The zero-order valence-electron chi connectivity index (χ0n) is 11.0. The third-order valence-electron chi connectivity index (χ3n) is 3.48. The zero-order chi connectivity index (χ0) is 13.0. The molecule has 1 aromatic rings. The summed E-state index contributed by atoms with van der Waals surface area (Å²) >= 11 is 3.71. The van der Waals surface area contributed by atoms with E-state index in [2.05, 4.69) is 27.5 Å². The molecular weight excluding hydrogens is 294 g/mol. The Hall–Kier alpha value is -0.580. The summed E-state index contributed by atoms with van der Waals surface area (Å²) in [5.41, 5.74) is 6.91. The van der Waals surface area contributed by atoms with Crippen molar-refractivity contribution in [2.24, 2.45) is 0 Å². The first kappa shape index (κ1) is 13.8. The van der Waals surface area contributed by atoms with Gasteiger partial charge < -0.3 is 9.57 Å². The first-order valence-electron chi connectivity index (χ1n) is 6.41. The molecule has 1 N–H and O–H groups in total. The van der Waals surface area contributed by atoms with Crippen molar-refractivity contribution in [2.45, 2.75) is 38.6 Å². The van der Waals surface area contributed by atoms with Gasteiger partial charge in [0.25, 0.3) is 0 Å². The Bertz CT molecular complexity index is 421. The number of halogens is 1. The molecule has 0 atom stereocenters. The number of hydrogen-bond donors (Lipinski definition) is 1. The quantitative estimate of drug-likeness (QED) is 0.683. The molecule has 0 radical (unpaired) electrons. The van der Waals surface area contributed by atoms with Gasteiger partial charge >= 0.3 is 0 Å². The highest BCUT2D eigenvalue weighted by molar-refractivity contribution is 9.10. The van der Waals surface area contributed by atoms with Crippen molar-refractivity contribution in [2.75, 3.05) is 14.2 Å². The maximum atomic E-state index is 5.54. The zero-order valence-corrected chi connectivity index (χ0v) is 12.6. The minimum absolute atomic E-state index is 0.658. The SMILES string of the molecule is CONCc1cc2c(c(Br)c1OC)CCCCC2. The molecule has 2 rings (SSSR count). The predicted molar refractivity (Wildman–Crippen MR) is 75.8 cm³/mol. The lowest BCUT2D eigenvalue weighted by Crippen LogP contribution is -2.13. The van der Waals surface area contributed by atoms with Gasteiger partial charge in [0, 0.05) is 12.1 Å². The first-order chi connectivity index (χ1) is 8.77. The number of fused-ring (bicyclic) bond motifs is 1. The second-order valence-corrected chi connectivity index (χ2v) is 5.40. The van der Waals surface area contributed by atoms with Crippen molar-refractivity contribution in [1.29, 1.82) is 0 Å². The van der Waals surface area contributed by atoms with Crippen molar-refractivity contribution in [3.05, 3.63) is 27.2 Å². The molecule has 1 aromatic carbocycles. The Morgan fingerprint density at radius 2 is 2.00 bits per heavy atom. The number of hydrogen-bond acceptors (Lipinski definition) is 3. The van der Waals surface area contributed by atoms with Gasteiger partial charge in [-0.25, -0.2) is 0 Å². The molecule has 1 aliphatic rings. The fourth-order valence-electron chi connectivity index (χ4n) is 2.57. The van der Waals surface area contributed by atoms with Crippen molar-refractivity contribution in [3.63, 3.8) is 0 Å². The van der Waals surface area contributed by atoms with Crippen molar-refractivity contribution in [3.8, 4) is 5.75 Å². The lowest BCUT2D eigenvalue weighted by molar-refractivity contribution is 0.0861. The summed E-state index contributed by atoms with van der Waals surface area (Å²) in [7, 11) is 3.35. The number of ether oxygens (including phenoxy) is 1. The second kappa shape index (κ2) is 6.55. The lowest BCUT2D eigenvalue weighted by atomic mass is 9.99. The number of aryl methyl sites for hydroxylation is 1. The number of hydroxylamine groups is 1. The molecule has 18 heavy (non-hydrogen) atoms. The van der Waals surface area contributed by atoms with Crippen LogP contribution in [-0.2, 0) is 24.2 Å². The largest absolute Gasteiger partial charge is 0.495 e. The highest BCUT2D eigenvalue weighted by Crippen LogP contribution is 2.37.